The van der Waals surface area contributed by atoms with Crippen molar-refractivity contribution in [2.24, 2.45) is 0 Å². The van der Waals surface area contributed by atoms with Crippen LogP contribution in [0.4, 0.5) is 4.39 Å². The molecule has 0 radical (unpaired) electrons. The second-order valence-corrected chi connectivity index (χ2v) is 3.21. The summed E-state index contributed by atoms with van der Waals surface area (Å²) in [5, 5.41) is 0. The van der Waals surface area contributed by atoms with Crippen LogP contribution in [0.1, 0.15) is 12.0 Å². The Kier molecular flexibility index (Phi) is 5.36. The summed E-state index contributed by atoms with van der Waals surface area (Å²) >= 11 is 5.63. The van der Waals surface area contributed by atoms with Gasteiger partial charge in [0, 0.05) is 25.7 Å². The summed E-state index contributed by atoms with van der Waals surface area (Å²) in [5.41, 5.74) is 0.564. The van der Waals surface area contributed by atoms with Crippen molar-refractivity contribution in [2.45, 2.75) is 12.3 Å². The molecule has 0 saturated carbocycles. The first kappa shape index (κ1) is 12.2. The fourth-order valence-corrected chi connectivity index (χ4v) is 1.26. The lowest BCUT2D eigenvalue weighted by molar-refractivity contribution is 0.170. The van der Waals surface area contributed by atoms with Crippen molar-refractivity contribution in [1.82, 2.24) is 4.98 Å². The van der Waals surface area contributed by atoms with E-state index >= 15 is 0 Å². The zero-order valence-electron chi connectivity index (χ0n) is 8.50. The Labute approximate surface area is 93.2 Å². The Bertz CT molecular complexity index is 309. The van der Waals surface area contributed by atoms with Crippen molar-refractivity contribution < 1.29 is 13.9 Å². The average molecular weight is 234 g/mol. The molecule has 0 atom stereocenters. The van der Waals surface area contributed by atoms with E-state index < -0.39 is 5.82 Å². The molecular weight excluding hydrogens is 221 g/mol. The molecule has 0 saturated heterocycles. The maximum Gasteiger partial charge on any atom is 0.217 e. The molecule has 0 spiro atoms. The van der Waals surface area contributed by atoms with Gasteiger partial charge in [-0.15, -0.1) is 11.6 Å². The first-order valence-corrected chi connectivity index (χ1v) is 5.13. The number of alkyl halides is 1. The summed E-state index contributed by atoms with van der Waals surface area (Å²) < 4.78 is 23.0. The van der Waals surface area contributed by atoms with Gasteiger partial charge < -0.3 is 9.47 Å². The number of aromatic nitrogens is 1. The van der Waals surface area contributed by atoms with E-state index in [0.29, 0.717) is 24.7 Å². The Hall–Kier alpha value is -0.870. The Balaban J connectivity index is 2.52. The Morgan fingerprint density at radius 2 is 2.27 bits per heavy atom. The molecule has 0 fully saturated rings. The van der Waals surface area contributed by atoms with Crippen molar-refractivity contribution in [1.29, 1.82) is 0 Å². The number of ether oxygens (including phenoxy) is 2. The van der Waals surface area contributed by atoms with Crippen molar-refractivity contribution in [3.8, 4) is 5.88 Å². The van der Waals surface area contributed by atoms with Crippen LogP contribution in [0, 0.1) is 5.82 Å². The van der Waals surface area contributed by atoms with Gasteiger partial charge in [-0.05, 0) is 6.07 Å². The fraction of sp³-hybridized carbons (Fsp3) is 0.500. The van der Waals surface area contributed by atoms with E-state index in [-0.39, 0.29) is 5.88 Å². The first-order valence-electron chi connectivity index (χ1n) is 4.60. The largest absolute Gasteiger partial charge is 0.477 e. The number of rotatable bonds is 6. The van der Waals surface area contributed by atoms with Gasteiger partial charge in [-0.3, -0.25) is 0 Å². The highest BCUT2D eigenvalue weighted by molar-refractivity contribution is 6.17. The van der Waals surface area contributed by atoms with E-state index in [4.69, 9.17) is 21.1 Å². The predicted molar refractivity (Wildman–Crippen MR) is 55.7 cm³/mol. The monoisotopic (exact) mass is 233 g/mol. The number of nitrogens with zero attached hydrogens (tertiary/aromatic N) is 1. The van der Waals surface area contributed by atoms with Gasteiger partial charge >= 0.3 is 0 Å². The molecule has 15 heavy (non-hydrogen) atoms. The summed E-state index contributed by atoms with van der Waals surface area (Å²) in [6, 6.07) is 1.33. The first-order chi connectivity index (χ1) is 7.27. The molecule has 0 N–H and O–H groups in total. The molecule has 0 unspecified atom stereocenters. The molecule has 0 bridgehead atoms. The zero-order valence-corrected chi connectivity index (χ0v) is 9.26. The topological polar surface area (TPSA) is 31.4 Å². The lowest BCUT2D eigenvalue weighted by Gasteiger charge is -2.08. The molecule has 1 aromatic rings. The third kappa shape index (κ3) is 4.01. The fourth-order valence-electron chi connectivity index (χ4n) is 1.07. The minimum absolute atomic E-state index is 0.185. The summed E-state index contributed by atoms with van der Waals surface area (Å²) in [7, 11) is 1.63. The van der Waals surface area contributed by atoms with Crippen molar-refractivity contribution in [2.75, 3.05) is 20.3 Å². The third-order valence-electron chi connectivity index (χ3n) is 1.77. The van der Waals surface area contributed by atoms with E-state index in [0.717, 1.165) is 12.6 Å². The minimum atomic E-state index is -0.408. The lowest BCUT2D eigenvalue weighted by Crippen LogP contribution is -2.04. The highest BCUT2D eigenvalue weighted by atomic mass is 35.5. The minimum Gasteiger partial charge on any atom is -0.477 e. The van der Waals surface area contributed by atoms with Gasteiger partial charge in [0.15, 0.2) is 0 Å². The molecule has 0 aliphatic rings. The molecule has 0 aromatic carbocycles. The SMILES string of the molecule is COCCCOc1ncc(F)cc1CCl. The molecule has 1 rings (SSSR count). The van der Waals surface area contributed by atoms with Gasteiger partial charge in [0.25, 0.3) is 0 Å². The van der Waals surface area contributed by atoms with Crippen LogP contribution in [0.15, 0.2) is 12.3 Å². The maximum atomic E-state index is 12.8. The molecule has 0 amide bonds. The molecule has 84 valence electrons. The van der Waals surface area contributed by atoms with Gasteiger partial charge in [0.1, 0.15) is 5.82 Å². The smallest absolute Gasteiger partial charge is 0.217 e. The van der Waals surface area contributed by atoms with Crippen LogP contribution in [0.25, 0.3) is 0 Å². The van der Waals surface area contributed by atoms with Crippen LogP contribution < -0.4 is 4.74 Å². The summed E-state index contributed by atoms with van der Waals surface area (Å²) in [6.45, 7) is 1.10. The second kappa shape index (κ2) is 6.58. The number of hydrogen-bond donors (Lipinski definition) is 0. The highest BCUT2D eigenvalue weighted by Gasteiger charge is 2.05. The average Bonchev–Trinajstić information content (AvgIpc) is 2.26. The Morgan fingerprint density at radius 1 is 1.47 bits per heavy atom. The van der Waals surface area contributed by atoms with Crippen molar-refractivity contribution >= 4 is 11.6 Å². The van der Waals surface area contributed by atoms with Crippen LogP contribution in [-0.4, -0.2) is 25.3 Å². The van der Waals surface area contributed by atoms with E-state index in [9.17, 15) is 4.39 Å². The summed E-state index contributed by atoms with van der Waals surface area (Å²) in [4.78, 5) is 3.82. The highest BCUT2D eigenvalue weighted by Crippen LogP contribution is 2.18. The molecule has 3 nitrogen and oxygen atoms in total. The summed E-state index contributed by atoms with van der Waals surface area (Å²) in [5.74, 6) is 0.169. The quantitative estimate of drug-likeness (QED) is 0.559. The number of halogens is 2. The van der Waals surface area contributed by atoms with Crippen LogP contribution in [-0.2, 0) is 10.6 Å². The van der Waals surface area contributed by atoms with Crippen LogP contribution in [0.2, 0.25) is 0 Å². The van der Waals surface area contributed by atoms with Crippen LogP contribution >= 0.6 is 11.6 Å². The molecule has 1 aromatic heterocycles. The van der Waals surface area contributed by atoms with E-state index in [1.54, 1.807) is 7.11 Å². The Morgan fingerprint density at radius 3 is 2.93 bits per heavy atom. The molecule has 5 heteroatoms. The van der Waals surface area contributed by atoms with Crippen LogP contribution in [0.3, 0.4) is 0 Å². The van der Waals surface area contributed by atoms with Crippen molar-refractivity contribution in [3.05, 3.63) is 23.6 Å². The van der Waals surface area contributed by atoms with E-state index in [2.05, 4.69) is 4.98 Å². The lowest BCUT2D eigenvalue weighted by atomic mass is 10.3. The van der Waals surface area contributed by atoms with Gasteiger partial charge in [-0.1, -0.05) is 0 Å². The number of methoxy groups -OCH3 is 1. The molecule has 0 aliphatic heterocycles. The van der Waals surface area contributed by atoms with E-state index in [1.807, 2.05) is 0 Å². The van der Waals surface area contributed by atoms with Crippen LogP contribution in [0.5, 0.6) is 5.88 Å². The second-order valence-electron chi connectivity index (χ2n) is 2.95. The van der Waals surface area contributed by atoms with Gasteiger partial charge in [-0.25, -0.2) is 9.37 Å². The van der Waals surface area contributed by atoms with Gasteiger partial charge in [0.05, 0.1) is 18.7 Å². The normalized spacial score (nSPS) is 10.3. The molecule has 1 heterocycles. The molecule has 0 aliphatic carbocycles. The third-order valence-corrected chi connectivity index (χ3v) is 2.06. The number of hydrogen-bond acceptors (Lipinski definition) is 3. The van der Waals surface area contributed by atoms with Gasteiger partial charge in [0.2, 0.25) is 5.88 Å². The number of pyridine rings is 1. The maximum absolute atomic E-state index is 12.8. The zero-order chi connectivity index (χ0) is 11.1. The predicted octanol–water partition coefficient (Wildman–Crippen LogP) is 2.37. The standard InChI is InChI=1S/C10H13ClFNO2/c1-14-3-2-4-15-10-8(6-11)5-9(12)7-13-10/h5,7H,2-4,6H2,1H3. The molecular formula is C10H13ClFNO2. The van der Waals surface area contributed by atoms with E-state index in [1.165, 1.54) is 6.07 Å². The van der Waals surface area contributed by atoms with Gasteiger partial charge in [-0.2, -0.15) is 0 Å². The van der Waals surface area contributed by atoms with Crippen molar-refractivity contribution in [3.63, 3.8) is 0 Å². The summed E-state index contributed by atoms with van der Waals surface area (Å²) in [6.07, 6.45) is 1.87.